The minimum Gasteiger partial charge on any atom is -0.493 e. The van der Waals surface area contributed by atoms with Gasteiger partial charge in [0, 0.05) is 24.4 Å². The third kappa shape index (κ3) is 4.85. The van der Waals surface area contributed by atoms with Crippen LogP contribution in [0.15, 0.2) is 36.7 Å². The zero-order valence-electron chi connectivity index (χ0n) is 14.9. The number of methoxy groups -OCH3 is 3. The molecule has 2 amide bonds. The summed E-state index contributed by atoms with van der Waals surface area (Å²) in [5, 5.41) is 0. The molecule has 2 rings (SSSR count). The van der Waals surface area contributed by atoms with E-state index in [0.29, 0.717) is 23.7 Å². The van der Waals surface area contributed by atoms with Gasteiger partial charge in [0.25, 0.3) is 5.91 Å². The van der Waals surface area contributed by atoms with Crippen molar-refractivity contribution in [2.24, 2.45) is 0 Å². The van der Waals surface area contributed by atoms with Crippen LogP contribution in [0.5, 0.6) is 17.2 Å². The predicted molar refractivity (Wildman–Crippen MR) is 94.3 cm³/mol. The van der Waals surface area contributed by atoms with Gasteiger partial charge in [-0.25, -0.2) is 0 Å². The van der Waals surface area contributed by atoms with Crippen LogP contribution in [0.1, 0.15) is 22.3 Å². The summed E-state index contributed by atoms with van der Waals surface area (Å²) < 4.78 is 15.6. The molecule has 0 saturated carbocycles. The lowest BCUT2D eigenvalue weighted by Crippen LogP contribution is -2.41. The second-order valence-corrected chi connectivity index (χ2v) is 5.28. The molecule has 1 heterocycles. The van der Waals surface area contributed by atoms with Crippen molar-refractivity contribution in [2.75, 3.05) is 21.3 Å². The predicted octanol–water partition coefficient (Wildman–Crippen LogP) is 1.50. The van der Waals surface area contributed by atoms with E-state index in [-0.39, 0.29) is 17.9 Å². The first kappa shape index (κ1) is 19.0. The number of amides is 2. The van der Waals surface area contributed by atoms with Crippen molar-refractivity contribution in [3.05, 3.63) is 47.8 Å². The molecule has 1 aromatic carbocycles. The molecule has 2 aromatic rings. The lowest BCUT2D eigenvalue weighted by Gasteiger charge is -2.14. The fourth-order valence-electron chi connectivity index (χ4n) is 2.28. The maximum atomic E-state index is 12.3. The van der Waals surface area contributed by atoms with Crippen LogP contribution >= 0.6 is 0 Å². The molecule has 0 saturated heterocycles. The van der Waals surface area contributed by atoms with Gasteiger partial charge in [-0.05, 0) is 30.2 Å². The smallest absolute Gasteiger partial charge is 0.269 e. The molecule has 8 nitrogen and oxygen atoms in total. The largest absolute Gasteiger partial charge is 0.493 e. The van der Waals surface area contributed by atoms with Gasteiger partial charge in [-0.3, -0.25) is 25.4 Å². The van der Waals surface area contributed by atoms with E-state index in [0.717, 1.165) is 5.56 Å². The molecule has 0 aliphatic heterocycles. The van der Waals surface area contributed by atoms with E-state index in [1.54, 1.807) is 18.5 Å². The number of carbonyl (C=O) groups is 2. The summed E-state index contributed by atoms with van der Waals surface area (Å²) in [7, 11) is 4.39. The van der Waals surface area contributed by atoms with Gasteiger partial charge < -0.3 is 14.2 Å². The minimum absolute atomic E-state index is 0.223. The number of benzene rings is 1. The molecule has 0 spiro atoms. The fourth-order valence-corrected chi connectivity index (χ4v) is 2.28. The first-order chi connectivity index (χ1) is 12.6. The van der Waals surface area contributed by atoms with Crippen molar-refractivity contribution in [2.45, 2.75) is 12.8 Å². The van der Waals surface area contributed by atoms with Gasteiger partial charge in [0.2, 0.25) is 11.7 Å². The molecule has 8 heteroatoms. The number of hydrogen-bond donors (Lipinski definition) is 2. The summed E-state index contributed by atoms with van der Waals surface area (Å²) >= 11 is 0. The number of pyridine rings is 1. The standard InChI is InChI=1S/C18H21N3O5/c1-24-14-9-13(10-15(25-2)17(14)26-3)18(23)21-20-16(22)7-6-12-5-4-8-19-11-12/h4-5,8-11H,6-7H2,1-3H3,(H,20,22)(H,21,23). The van der Waals surface area contributed by atoms with E-state index >= 15 is 0 Å². The molecule has 0 radical (unpaired) electrons. The molecular weight excluding hydrogens is 338 g/mol. The van der Waals surface area contributed by atoms with Crippen molar-refractivity contribution in [3.8, 4) is 17.2 Å². The van der Waals surface area contributed by atoms with E-state index in [1.807, 2.05) is 6.07 Å². The highest BCUT2D eigenvalue weighted by Gasteiger charge is 2.17. The van der Waals surface area contributed by atoms with Crippen molar-refractivity contribution >= 4 is 11.8 Å². The summed E-state index contributed by atoms with van der Waals surface area (Å²) in [4.78, 5) is 28.1. The number of carbonyl (C=O) groups excluding carboxylic acids is 2. The van der Waals surface area contributed by atoms with Crippen LogP contribution in [-0.4, -0.2) is 38.1 Å². The quantitative estimate of drug-likeness (QED) is 0.727. The van der Waals surface area contributed by atoms with Crippen LogP contribution in [0.2, 0.25) is 0 Å². The lowest BCUT2D eigenvalue weighted by molar-refractivity contribution is -0.121. The molecular formula is C18H21N3O5. The van der Waals surface area contributed by atoms with Gasteiger partial charge in [-0.2, -0.15) is 0 Å². The molecule has 0 bridgehead atoms. The molecule has 0 aliphatic rings. The van der Waals surface area contributed by atoms with Crippen molar-refractivity contribution in [1.82, 2.24) is 15.8 Å². The first-order valence-corrected chi connectivity index (χ1v) is 7.87. The third-order valence-electron chi connectivity index (χ3n) is 3.61. The summed E-state index contributed by atoms with van der Waals surface area (Å²) in [6, 6.07) is 6.69. The average Bonchev–Trinajstić information content (AvgIpc) is 2.69. The van der Waals surface area contributed by atoms with Crippen LogP contribution in [0, 0.1) is 0 Å². The summed E-state index contributed by atoms with van der Waals surface area (Å²) in [6.45, 7) is 0. The maximum absolute atomic E-state index is 12.3. The van der Waals surface area contributed by atoms with Gasteiger partial charge in [0.15, 0.2) is 11.5 Å². The highest BCUT2D eigenvalue weighted by Crippen LogP contribution is 2.38. The Hall–Kier alpha value is -3.29. The van der Waals surface area contributed by atoms with Crippen LogP contribution < -0.4 is 25.1 Å². The van der Waals surface area contributed by atoms with Crippen LogP contribution in [-0.2, 0) is 11.2 Å². The van der Waals surface area contributed by atoms with E-state index < -0.39 is 5.91 Å². The van der Waals surface area contributed by atoms with Gasteiger partial charge in [0.1, 0.15) is 0 Å². The topological polar surface area (TPSA) is 98.8 Å². The van der Waals surface area contributed by atoms with Gasteiger partial charge in [0.05, 0.1) is 21.3 Å². The average molecular weight is 359 g/mol. The van der Waals surface area contributed by atoms with Crippen molar-refractivity contribution in [3.63, 3.8) is 0 Å². The second kappa shape index (κ2) is 9.26. The number of rotatable bonds is 7. The highest BCUT2D eigenvalue weighted by atomic mass is 16.5. The van der Waals surface area contributed by atoms with Gasteiger partial charge >= 0.3 is 0 Å². The van der Waals surface area contributed by atoms with Gasteiger partial charge in [-0.15, -0.1) is 0 Å². The molecule has 2 N–H and O–H groups in total. The van der Waals surface area contributed by atoms with E-state index in [4.69, 9.17) is 14.2 Å². The van der Waals surface area contributed by atoms with Crippen molar-refractivity contribution in [1.29, 1.82) is 0 Å². The molecule has 0 fully saturated rings. The number of nitrogens with one attached hydrogen (secondary N) is 2. The van der Waals surface area contributed by atoms with E-state index in [1.165, 1.54) is 33.5 Å². The summed E-state index contributed by atoms with van der Waals surface area (Å²) in [5.74, 6) is 0.264. The van der Waals surface area contributed by atoms with Crippen LogP contribution in [0.4, 0.5) is 0 Å². The van der Waals surface area contributed by atoms with E-state index in [2.05, 4.69) is 15.8 Å². The van der Waals surface area contributed by atoms with E-state index in [9.17, 15) is 9.59 Å². The zero-order chi connectivity index (χ0) is 18.9. The monoisotopic (exact) mass is 359 g/mol. The number of aromatic nitrogens is 1. The number of aryl methyl sites for hydroxylation is 1. The minimum atomic E-state index is -0.501. The zero-order valence-corrected chi connectivity index (χ0v) is 14.9. The molecule has 1 aromatic heterocycles. The molecule has 0 atom stereocenters. The molecule has 0 unspecified atom stereocenters. The Balaban J connectivity index is 1.95. The number of ether oxygens (including phenoxy) is 3. The Morgan fingerprint density at radius 2 is 1.73 bits per heavy atom. The van der Waals surface area contributed by atoms with Crippen molar-refractivity contribution < 1.29 is 23.8 Å². The number of hydrazine groups is 1. The lowest BCUT2D eigenvalue weighted by atomic mass is 10.1. The first-order valence-electron chi connectivity index (χ1n) is 7.87. The Morgan fingerprint density at radius 3 is 2.27 bits per heavy atom. The summed E-state index contributed by atoms with van der Waals surface area (Å²) in [6.07, 6.45) is 4.11. The summed E-state index contributed by atoms with van der Waals surface area (Å²) in [5.41, 5.74) is 5.95. The number of nitrogens with zero attached hydrogens (tertiary/aromatic N) is 1. The SMILES string of the molecule is COc1cc(C(=O)NNC(=O)CCc2cccnc2)cc(OC)c1OC. The van der Waals surface area contributed by atoms with Gasteiger partial charge in [-0.1, -0.05) is 6.07 Å². The molecule has 0 aliphatic carbocycles. The Morgan fingerprint density at radius 1 is 1.04 bits per heavy atom. The molecule has 26 heavy (non-hydrogen) atoms. The Bertz CT molecular complexity index is 740. The van der Waals surface area contributed by atoms with Crippen LogP contribution in [0.25, 0.3) is 0 Å². The highest BCUT2D eigenvalue weighted by molar-refractivity contribution is 5.96. The normalized spacial score (nSPS) is 9.96. The van der Waals surface area contributed by atoms with Crippen LogP contribution in [0.3, 0.4) is 0 Å². The molecule has 138 valence electrons. The second-order valence-electron chi connectivity index (χ2n) is 5.28. The third-order valence-corrected chi connectivity index (χ3v) is 3.61. The fraction of sp³-hybridized carbons (Fsp3) is 0.278. The maximum Gasteiger partial charge on any atom is 0.269 e. The Kier molecular flexibility index (Phi) is 6.78. The number of hydrogen-bond acceptors (Lipinski definition) is 6. The Labute approximate surface area is 151 Å².